The largest absolute Gasteiger partial charge is 0.497 e. The van der Waals surface area contributed by atoms with Gasteiger partial charge in [0, 0.05) is 48.9 Å². The number of benzene rings is 3. The van der Waals surface area contributed by atoms with Crippen LogP contribution in [0.4, 0.5) is 0 Å². The van der Waals surface area contributed by atoms with Crippen LogP contribution in [-0.4, -0.2) is 35.2 Å². The van der Waals surface area contributed by atoms with Gasteiger partial charge >= 0.3 is 0 Å². The molecule has 216 valence electrons. The maximum absolute atomic E-state index is 5.84. The van der Waals surface area contributed by atoms with Crippen LogP contribution >= 0.6 is 0 Å². The van der Waals surface area contributed by atoms with Crippen molar-refractivity contribution in [1.82, 2.24) is 14.5 Å². The van der Waals surface area contributed by atoms with E-state index in [0.717, 1.165) is 62.0 Å². The Morgan fingerprint density at radius 3 is 2.20 bits per heavy atom. The molecular weight excluding hydrogens is 506 g/mol. The van der Waals surface area contributed by atoms with Crippen LogP contribution in [-0.2, 0) is 19.6 Å². The number of imidazole rings is 1. The summed E-state index contributed by atoms with van der Waals surface area (Å²) in [7, 11) is 3.46. The smallest absolute Gasteiger partial charge is 0.140 e. The van der Waals surface area contributed by atoms with Crippen molar-refractivity contribution in [3.05, 3.63) is 90.1 Å². The van der Waals surface area contributed by atoms with Gasteiger partial charge in [0.15, 0.2) is 0 Å². The molecule has 1 fully saturated rings. The van der Waals surface area contributed by atoms with Gasteiger partial charge < -0.3 is 14.0 Å². The highest BCUT2D eigenvalue weighted by molar-refractivity contribution is 5.68. The molecule has 0 spiro atoms. The second-order valence-electron chi connectivity index (χ2n) is 11.3. The Morgan fingerprint density at radius 2 is 1.54 bits per heavy atom. The SMILES string of the molecule is CCCCn1c(-c2ccccc2)nc(-c2ccccc2)c1CN(Cc1ccc(OC)cc1OC)CC1CCCCC1. The van der Waals surface area contributed by atoms with Crippen LogP contribution in [0.1, 0.15) is 63.1 Å². The number of hydrogen-bond acceptors (Lipinski definition) is 4. The number of aromatic nitrogens is 2. The lowest BCUT2D eigenvalue weighted by Gasteiger charge is -2.31. The van der Waals surface area contributed by atoms with Gasteiger partial charge in [-0.25, -0.2) is 4.98 Å². The molecule has 5 nitrogen and oxygen atoms in total. The molecule has 1 aliphatic carbocycles. The number of nitrogens with zero attached hydrogens (tertiary/aromatic N) is 3. The minimum atomic E-state index is 0.716. The third-order valence-electron chi connectivity index (χ3n) is 8.39. The molecule has 1 aromatic heterocycles. The number of hydrogen-bond donors (Lipinski definition) is 0. The van der Waals surface area contributed by atoms with Crippen molar-refractivity contribution in [2.24, 2.45) is 5.92 Å². The van der Waals surface area contributed by atoms with Crippen LogP contribution < -0.4 is 9.47 Å². The summed E-state index contributed by atoms with van der Waals surface area (Å²) in [5, 5.41) is 0. The molecule has 3 aromatic carbocycles. The van der Waals surface area contributed by atoms with Gasteiger partial charge in [0.2, 0.25) is 0 Å². The molecule has 5 rings (SSSR count). The van der Waals surface area contributed by atoms with Crippen molar-refractivity contribution in [1.29, 1.82) is 0 Å². The molecule has 0 unspecified atom stereocenters. The van der Waals surface area contributed by atoms with E-state index in [9.17, 15) is 0 Å². The summed E-state index contributed by atoms with van der Waals surface area (Å²) in [4.78, 5) is 8.00. The fraction of sp³-hybridized carbons (Fsp3) is 0.417. The molecule has 0 atom stereocenters. The molecule has 41 heavy (non-hydrogen) atoms. The zero-order valence-electron chi connectivity index (χ0n) is 25.0. The van der Waals surface area contributed by atoms with E-state index < -0.39 is 0 Å². The molecule has 0 saturated heterocycles. The molecule has 0 amide bonds. The molecule has 0 radical (unpaired) electrons. The first-order valence-corrected chi connectivity index (χ1v) is 15.3. The van der Waals surface area contributed by atoms with Crippen molar-refractivity contribution in [2.75, 3.05) is 20.8 Å². The van der Waals surface area contributed by atoms with Gasteiger partial charge in [0.05, 0.1) is 25.6 Å². The summed E-state index contributed by atoms with van der Waals surface area (Å²) >= 11 is 0. The van der Waals surface area contributed by atoms with Crippen molar-refractivity contribution in [3.63, 3.8) is 0 Å². The topological polar surface area (TPSA) is 39.5 Å². The molecule has 1 aliphatic rings. The fourth-order valence-corrected chi connectivity index (χ4v) is 6.19. The summed E-state index contributed by atoms with van der Waals surface area (Å²) < 4.78 is 13.8. The molecule has 0 aliphatic heterocycles. The Kier molecular flexibility index (Phi) is 10.1. The zero-order chi connectivity index (χ0) is 28.4. The second kappa shape index (κ2) is 14.4. The van der Waals surface area contributed by atoms with Crippen molar-refractivity contribution in [3.8, 4) is 34.1 Å². The van der Waals surface area contributed by atoms with E-state index in [2.05, 4.69) is 83.1 Å². The third kappa shape index (κ3) is 7.20. The van der Waals surface area contributed by atoms with E-state index in [1.807, 2.05) is 12.1 Å². The van der Waals surface area contributed by atoms with Gasteiger partial charge in [-0.1, -0.05) is 99.3 Å². The Bertz CT molecular complexity index is 1360. The number of rotatable bonds is 13. The normalized spacial score (nSPS) is 14.0. The first-order valence-electron chi connectivity index (χ1n) is 15.3. The number of ether oxygens (including phenoxy) is 2. The van der Waals surface area contributed by atoms with Gasteiger partial charge in [-0.15, -0.1) is 0 Å². The van der Waals surface area contributed by atoms with Gasteiger partial charge in [0.1, 0.15) is 17.3 Å². The van der Waals surface area contributed by atoms with E-state index in [4.69, 9.17) is 14.5 Å². The van der Waals surface area contributed by atoms with Crippen molar-refractivity contribution < 1.29 is 9.47 Å². The van der Waals surface area contributed by atoms with Crippen LogP contribution in [0, 0.1) is 5.92 Å². The number of methoxy groups -OCH3 is 2. The van der Waals surface area contributed by atoms with Crippen molar-refractivity contribution in [2.45, 2.75) is 71.5 Å². The van der Waals surface area contributed by atoms with Crippen LogP contribution in [0.2, 0.25) is 0 Å². The highest BCUT2D eigenvalue weighted by atomic mass is 16.5. The van der Waals surface area contributed by atoms with Crippen LogP contribution in [0.25, 0.3) is 22.6 Å². The molecule has 1 heterocycles. The predicted octanol–water partition coefficient (Wildman–Crippen LogP) is 8.62. The summed E-state index contributed by atoms with van der Waals surface area (Å²) in [6, 6.07) is 27.6. The first-order chi connectivity index (χ1) is 20.2. The standard InChI is InChI=1S/C36H45N3O2/c1-4-5-23-39-33(35(29-17-11-7-12-18-29)37-36(39)30-19-13-8-14-20-30)27-38(25-28-15-9-6-10-16-28)26-31-21-22-32(40-2)24-34(31)41-3/h7-8,11-14,17-22,24,28H,4-6,9-10,15-16,23,25-27H2,1-3H3. The monoisotopic (exact) mass is 551 g/mol. The van der Waals surface area contributed by atoms with Gasteiger partial charge in [-0.3, -0.25) is 4.90 Å². The zero-order valence-corrected chi connectivity index (χ0v) is 25.0. The third-order valence-corrected chi connectivity index (χ3v) is 8.39. The molecule has 1 saturated carbocycles. The van der Waals surface area contributed by atoms with Crippen LogP contribution in [0.15, 0.2) is 78.9 Å². The summed E-state index contributed by atoms with van der Waals surface area (Å²) in [5.41, 5.74) is 5.92. The quantitative estimate of drug-likeness (QED) is 0.167. The average Bonchev–Trinajstić information content (AvgIpc) is 3.39. The van der Waals surface area contributed by atoms with E-state index in [1.165, 1.54) is 54.5 Å². The highest BCUT2D eigenvalue weighted by Gasteiger charge is 2.25. The molecule has 0 N–H and O–H groups in total. The molecule has 5 heteroatoms. The summed E-state index contributed by atoms with van der Waals surface area (Å²) in [6.07, 6.45) is 8.93. The maximum atomic E-state index is 5.84. The Balaban J connectivity index is 1.58. The molecule has 4 aromatic rings. The minimum Gasteiger partial charge on any atom is -0.497 e. The number of unbranched alkanes of at least 4 members (excludes halogenated alkanes) is 1. The van der Waals surface area contributed by atoms with Gasteiger partial charge in [0.25, 0.3) is 0 Å². The fourth-order valence-electron chi connectivity index (χ4n) is 6.19. The molecule has 0 bridgehead atoms. The molecular formula is C36H45N3O2. The average molecular weight is 552 g/mol. The minimum absolute atomic E-state index is 0.716. The Labute approximate surface area is 246 Å². The lowest BCUT2D eigenvalue weighted by molar-refractivity contribution is 0.181. The van der Waals surface area contributed by atoms with Crippen LogP contribution in [0.3, 0.4) is 0 Å². The summed E-state index contributed by atoms with van der Waals surface area (Å²) in [6.45, 7) is 5.95. The van der Waals surface area contributed by atoms with Crippen molar-refractivity contribution >= 4 is 0 Å². The van der Waals surface area contributed by atoms with E-state index >= 15 is 0 Å². The lowest BCUT2D eigenvalue weighted by Crippen LogP contribution is -2.31. The van der Waals surface area contributed by atoms with Gasteiger partial charge in [-0.2, -0.15) is 0 Å². The Hall–Kier alpha value is -3.57. The predicted molar refractivity (Wildman–Crippen MR) is 168 cm³/mol. The maximum Gasteiger partial charge on any atom is 0.140 e. The highest BCUT2D eigenvalue weighted by Crippen LogP contribution is 2.34. The van der Waals surface area contributed by atoms with E-state index in [0.29, 0.717) is 5.92 Å². The second-order valence-corrected chi connectivity index (χ2v) is 11.3. The van der Waals surface area contributed by atoms with E-state index in [-0.39, 0.29) is 0 Å². The Morgan fingerprint density at radius 1 is 0.829 bits per heavy atom. The van der Waals surface area contributed by atoms with Crippen LogP contribution in [0.5, 0.6) is 11.5 Å². The first kappa shape index (κ1) is 28.9. The van der Waals surface area contributed by atoms with Gasteiger partial charge in [-0.05, 0) is 31.2 Å². The van der Waals surface area contributed by atoms with E-state index in [1.54, 1.807) is 14.2 Å². The lowest BCUT2D eigenvalue weighted by atomic mass is 9.88. The summed E-state index contributed by atoms with van der Waals surface area (Å²) in [5.74, 6) is 3.48.